The van der Waals surface area contributed by atoms with Gasteiger partial charge < -0.3 is 9.64 Å². The molecule has 0 amide bonds. The lowest BCUT2D eigenvalue weighted by Crippen LogP contribution is -2.32. The van der Waals surface area contributed by atoms with Gasteiger partial charge in [0, 0.05) is 44.6 Å². The second-order valence-corrected chi connectivity index (χ2v) is 14.3. The van der Waals surface area contributed by atoms with E-state index in [0.717, 1.165) is 72.9 Å². The number of fused-ring (bicyclic) bond motifs is 7. The maximum absolute atomic E-state index is 7.16. The van der Waals surface area contributed by atoms with E-state index in [4.69, 9.17) is 19.7 Å². The van der Waals surface area contributed by atoms with Crippen LogP contribution in [-0.4, -0.2) is 21.2 Å². The molecule has 0 fully saturated rings. The van der Waals surface area contributed by atoms with E-state index in [1.54, 1.807) is 0 Å². The molecule has 2 aliphatic heterocycles. The highest BCUT2D eigenvalue weighted by Gasteiger charge is 2.49. The molecule has 0 bridgehead atoms. The molecule has 5 nitrogen and oxygen atoms in total. The van der Waals surface area contributed by atoms with Crippen LogP contribution in [0.3, 0.4) is 0 Å². The Morgan fingerprint density at radius 3 is 1.80 bits per heavy atom. The normalized spacial score (nSPS) is 15.2. The zero-order valence-electron chi connectivity index (χ0n) is 30.3. The first-order valence-corrected chi connectivity index (χ1v) is 19.0. The molecule has 9 aromatic rings. The summed E-state index contributed by atoms with van der Waals surface area (Å²) in [6, 6.07) is 67.6. The highest BCUT2D eigenvalue weighted by Crippen LogP contribution is 2.58. The van der Waals surface area contributed by atoms with Crippen molar-refractivity contribution in [2.75, 3.05) is 4.90 Å². The number of rotatable bonds is 6. The third kappa shape index (κ3) is 5.36. The first-order valence-electron chi connectivity index (χ1n) is 19.0. The predicted molar refractivity (Wildman–Crippen MR) is 226 cm³/mol. The Hall–Kier alpha value is -7.37. The van der Waals surface area contributed by atoms with E-state index in [-0.39, 0.29) is 12.1 Å². The Kier molecular flexibility index (Phi) is 7.56. The second kappa shape index (κ2) is 13.2. The van der Waals surface area contributed by atoms with Crippen LogP contribution in [-0.2, 0) is 0 Å². The van der Waals surface area contributed by atoms with E-state index < -0.39 is 0 Å². The Bertz CT molecular complexity index is 2910. The Labute approximate surface area is 325 Å². The monoisotopic (exact) mass is 718 g/mol. The molecule has 11 rings (SSSR count). The maximum Gasteiger partial charge on any atom is 0.187 e. The summed E-state index contributed by atoms with van der Waals surface area (Å²) in [6.07, 6.45) is -0.297. The van der Waals surface area contributed by atoms with Crippen LogP contribution in [0.5, 0.6) is 5.75 Å². The average molecular weight is 719 g/mol. The minimum Gasteiger partial charge on any atom is -0.467 e. The number of anilines is 2. The molecule has 0 aliphatic carbocycles. The van der Waals surface area contributed by atoms with Crippen LogP contribution in [0.15, 0.2) is 194 Å². The summed E-state index contributed by atoms with van der Waals surface area (Å²) < 4.78 is 7.16. The van der Waals surface area contributed by atoms with E-state index in [0.29, 0.717) is 5.82 Å². The van der Waals surface area contributed by atoms with Gasteiger partial charge in [0.05, 0.1) is 22.8 Å². The van der Waals surface area contributed by atoms with Crippen molar-refractivity contribution in [3.05, 3.63) is 205 Å². The Morgan fingerprint density at radius 1 is 0.446 bits per heavy atom. The number of pyridine rings is 1. The number of nitrogens with zero attached hydrogens (tertiary/aromatic N) is 4. The van der Waals surface area contributed by atoms with Gasteiger partial charge in [-0.2, -0.15) is 0 Å². The summed E-state index contributed by atoms with van der Waals surface area (Å²) in [5.41, 5.74) is 14.5. The third-order valence-corrected chi connectivity index (χ3v) is 11.0. The Balaban J connectivity index is 1.05. The summed E-state index contributed by atoms with van der Waals surface area (Å²) in [5, 5.41) is 1.12. The molecule has 0 N–H and O–H groups in total. The SMILES string of the molecule is c1ccc(-c2cccc(-c3cc(-c4cccc(N5c6ccccc6C6c7c(c(-c8ccccc8)nc8ccccc78)OC65)c4)nc(-c4ccccc4)n3)c2)cc1. The minimum atomic E-state index is -0.297. The molecule has 56 heavy (non-hydrogen) atoms. The summed E-state index contributed by atoms with van der Waals surface area (Å²) in [5.74, 6) is 1.53. The topological polar surface area (TPSA) is 51.1 Å². The van der Waals surface area contributed by atoms with E-state index in [1.165, 1.54) is 16.7 Å². The lowest BCUT2D eigenvalue weighted by atomic mass is 9.89. The molecule has 5 heteroatoms. The fourth-order valence-corrected chi connectivity index (χ4v) is 8.44. The van der Waals surface area contributed by atoms with Gasteiger partial charge in [0.25, 0.3) is 0 Å². The van der Waals surface area contributed by atoms with Gasteiger partial charge in [-0.3, -0.25) is 0 Å². The van der Waals surface area contributed by atoms with E-state index in [2.05, 4.69) is 169 Å². The first kappa shape index (κ1) is 32.1. The lowest BCUT2D eigenvalue weighted by Gasteiger charge is -2.27. The number of para-hydroxylation sites is 2. The van der Waals surface area contributed by atoms with Crippen LogP contribution in [0.4, 0.5) is 11.4 Å². The number of ether oxygens (including phenoxy) is 1. The number of aromatic nitrogens is 3. The zero-order valence-corrected chi connectivity index (χ0v) is 30.3. The van der Waals surface area contributed by atoms with Crippen LogP contribution in [0, 0.1) is 0 Å². The molecule has 4 heterocycles. The fourth-order valence-electron chi connectivity index (χ4n) is 8.44. The molecule has 7 aromatic carbocycles. The molecule has 0 saturated heterocycles. The van der Waals surface area contributed by atoms with Gasteiger partial charge in [-0.05, 0) is 53.1 Å². The van der Waals surface area contributed by atoms with Gasteiger partial charge in [0.15, 0.2) is 17.8 Å². The van der Waals surface area contributed by atoms with Crippen molar-refractivity contribution in [3.8, 4) is 62.0 Å². The molecule has 2 atom stereocenters. The number of hydrogen-bond donors (Lipinski definition) is 0. The smallest absolute Gasteiger partial charge is 0.187 e. The van der Waals surface area contributed by atoms with Crippen LogP contribution < -0.4 is 9.64 Å². The van der Waals surface area contributed by atoms with Crippen molar-refractivity contribution >= 4 is 22.3 Å². The van der Waals surface area contributed by atoms with Gasteiger partial charge in [0.2, 0.25) is 0 Å². The fraction of sp³-hybridized carbons (Fsp3) is 0.0392. The molecule has 2 aromatic heterocycles. The van der Waals surface area contributed by atoms with Crippen LogP contribution in [0.25, 0.3) is 67.2 Å². The highest BCUT2D eigenvalue weighted by atomic mass is 16.5. The molecule has 0 spiro atoms. The number of benzene rings is 7. The van der Waals surface area contributed by atoms with Crippen LogP contribution in [0.2, 0.25) is 0 Å². The van der Waals surface area contributed by atoms with Gasteiger partial charge in [-0.1, -0.05) is 158 Å². The van der Waals surface area contributed by atoms with Gasteiger partial charge in [-0.15, -0.1) is 0 Å². The first-order chi connectivity index (χ1) is 27.8. The van der Waals surface area contributed by atoms with Crippen molar-refractivity contribution in [1.82, 2.24) is 15.0 Å². The van der Waals surface area contributed by atoms with E-state index in [9.17, 15) is 0 Å². The second-order valence-electron chi connectivity index (χ2n) is 14.3. The van der Waals surface area contributed by atoms with Crippen molar-refractivity contribution in [1.29, 1.82) is 0 Å². The van der Waals surface area contributed by atoms with Crippen LogP contribution in [0.1, 0.15) is 17.0 Å². The summed E-state index contributed by atoms with van der Waals surface area (Å²) in [6.45, 7) is 0. The highest BCUT2D eigenvalue weighted by molar-refractivity contribution is 5.93. The average Bonchev–Trinajstić information content (AvgIpc) is 3.82. The predicted octanol–water partition coefficient (Wildman–Crippen LogP) is 12.4. The summed E-state index contributed by atoms with van der Waals surface area (Å²) in [7, 11) is 0. The Morgan fingerprint density at radius 2 is 1.04 bits per heavy atom. The molecule has 2 aliphatic rings. The quantitative estimate of drug-likeness (QED) is 0.171. The van der Waals surface area contributed by atoms with Gasteiger partial charge >= 0.3 is 0 Å². The maximum atomic E-state index is 7.16. The molecule has 264 valence electrons. The lowest BCUT2D eigenvalue weighted by molar-refractivity contribution is 0.234. The van der Waals surface area contributed by atoms with Crippen molar-refractivity contribution < 1.29 is 4.74 Å². The third-order valence-electron chi connectivity index (χ3n) is 11.0. The standard InChI is InChI=1S/C51H34N4O/c1-4-16-33(17-5-1)36-22-14-23-37(30-36)43-32-44(54-50(53-43)35-20-8-3-9-21-35)38-24-15-25-39(31-38)55-45-29-13-11-27-41(45)47-46-40-26-10-12-28-42(40)52-48(49(46)56-51(47)55)34-18-6-2-7-19-34/h1-32,47,51H. The summed E-state index contributed by atoms with van der Waals surface area (Å²) >= 11 is 0. The van der Waals surface area contributed by atoms with Crippen molar-refractivity contribution in [2.24, 2.45) is 0 Å². The van der Waals surface area contributed by atoms with Crippen molar-refractivity contribution in [3.63, 3.8) is 0 Å². The van der Waals surface area contributed by atoms with E-state index in [1.807, 2.05) is 30.3 Å². The van der Waals surface area contributed by atoms with Gasteiger partial charge in [0.1, 0.15) is 5.69 Å². The zero-order chi connectivity index (χ0) is 37.0. The van der Waals surface area contributed by atoms with Crippen LogP contribution >= 0.6 is 0 Å². The molecule has 0 saturated carbocycles. The number of hydrogen-bond acceptors (Lipinski definition) is 5. The largest absolute Gasteiger partial charge is 0.467 e. The minimum absolute atomic E-state index is 0.00699. The molecule has 2 unspecified atom stereocenters. The molecule has 0 radical (unpaired) electrons. The molecular weight excluding hydrogens is 685 g/mol. The van der Waals surface area contributed by atoms with E-state index >= 15 is 0 Å². The van der Waals surface area contributed by atoms with Gasteiger partial charge in [-0.25, -0.2) is 15.0 Å². The summed E-state index contributed by atoms with van der Waals surface area (Å²) in [4.78, 5) is 17.9. The van der Waals surface area contributed by atoms with Crippen molar-refractivity contribution in [2.45, 2.75) is 12.1 Å². The molecular formula is C51H34N4O.